The van der Waals surface area contributed by atoms with Crippen molar-refractivity contribution in [1.29, 1.82) is 0 Å². The Bertz CT molecular complexity index is 883. The number of hydrogen-bond donors (Lipinski definition) is 1. The van der Waals surface area contributed by atoms with Crippen LogP contribution in [0.3, 0.4) is 0 Å². The van der Waals surface area contributed by atoms with Crippen molar-refractivity contribution < 1.29 is 14.3 Å². The maximum absolute atomic E-state index is 12.5. The van der Waals surface area contributed by atoms with Crippen LogP contribution in [0.4, 0.5) is 0 Å². The van der Waals surface area contributed by atoms with Crippen LogP contribution in [0.15, 0.2) is 78.9 Å². The summed E-state index contributed by atoms with van der Waals surface area (Å²) in [6, 6.07) is 24.1. The Kier molecular flexibility index (Phi) is 6.72. The van der Waals surface area contributed by atoms with Gasteiger partial charge in [-0.05, 0) is 35.9 Å². The zero-order chi connectivity index (χ0) is 18.9. The van der Waals surface area contributed by atoms with Crippen molar-refractivity contribution in [3.63, 3.8) is 0 Å². The van der Waals surface area contributed by atoms with Crippen molar-refractivity contribution in [3.05, 3.63) is 95.0 Å². The van der Waals surface area contributed by atoms with E-state index in [1.807, 2.05) is 54.6 Å². The van der Waals surface area contributed by atoms with Crippen molar-refractivity contribution in [2.45, 2.75) is 6.54 Å². The maximum Gasteiger partial charge on any atom is 0.255 e. The molecule has 0 fully saturated rings. The molecule has 3 aromatic rings. The van der Waals surface area contributed by atoms with Gasteiger partial charge >= 0.3 is 0 Å². The van der Waals surface area contributed by atoms with E-state index in [0.29, 0.717) is 41.8 Å². The minimum atomic E-state index is -0.176. The highest BCUT2D eigenvalue weighted by atomic mass is 35.5. The lowest BCUT2D eigenvalue weighted by molar-refractivity contribution is 0.0945. The molecule has 0 aliphatic carbocycles. The van der Waals surface area contributed by atoms with Crippen LogP contribution in [-0.4, -0.2) is 19.1 Å². The minimum Gasteiger partial charge on any atom is -0.490 e. The molecule has 0 radical (unpaired) electrons. The van der Waals surface area contributed by atoms with Gasteiger partial charge in [-0.3, -0.25) is 4.79 Å². The molecule has 27 heavy (non-hydrogen) atoms. The van der Waals surface area contributed by atoms with Gasteiger partial charge in [-0.25, -0.2) is 0 Å². The predicted molar refractivity (Wildman–Crippen MR) is 106 cm³/mol. The first-order valence-electron chi connectivity index (χ1n) is 8.65. The van der Waals surface area contributed by atoms with Gasteiger partial charge in [0.15, 0.2) is 0 Å². The molecular formula is C22H20ClNO3. The number of nitrogens with one attached hydrogen (secondary N) is 1. The molecule has 0 heterocycles. The first-order chi connectivity index (χ1) is 13.2. The summed E-state index contributed by atoms with van der Waals surface area (Å²) < 4.78 is 11.3. The van der Waals surface area contributed by atoms with Crippen molar-refractivity contribution in [3.8, 4) is 11.5 Å². The summed E-state index contributed by atoms with van der Waals surface area (Å²) >= 11 is 5.93. The van der Waals surface area contributed by atoms with Crippen molar-refractivity contribution in [2.75, 3.05) is 13.2 Å². The van der Waals surface area contributed by atoms with Gasteiger partial charge in [-0.15, -0.1) is 0 Å². The van der Waals surface area contributed by atoms with E-state index in [-0.39, 0.29) is 5.91 Å². The highest BCUT2D eigenvalue weighted by molar-refractivity contribution is 6.30. The van der Waals surface area contributed by atoms with Crippen LogP contribution in [0.2, 0.25) is 5.02 Å². The molecule has 1 amide bonds. The fourth-order valence-corrected chi connectivity index (χ4v) is 2.70. The molecule has 0 spiro atoms. The van der Waals surface area contributed by atoms with Crippen LogP contribution >= 0.6 is 11.6 Å². The van der Waals surface area contributed by atoms with Crippen LogP contribution < -0.4 is 14.8 Å². The first-order valence-corrected chi connectivity index (χ1v) is 9.02. The lowest BCUT2D eigenvalue weighted by atomic mass is 10.1. The molecule has 5 heteroatoms. The Hall–Kier alpha value is -2.98. The van der Waals surface area contributed by atoms with Gasteiger partial charge in [0.25, 0.3) is 5.91 Å². The van der Waals surface area contributed by atoms with E-state index in [1.54, 1.807) is 24.3 Å². The number of amides is 1. The van der Waals surface area contributed by atoms with Crippen molar-refractivity contribution in [1.82, 2.24) is 5.32 Å². The molecule has 138 valence electrons. The van der Waals surface area contributed by atoms with Gasteiger partial charge in [0.05, 0.1) is 5.56 Å². The number of carbonyl (C=O) groups excluding carboxylic acids is 1. The average molecular weight is 382 g/mol. The summed E-state index contributed by atoms with van der Waals surface area (Å²) in [5, 5.41) is 3.53. The molecule has 1 N–H and O–H groups in total. The summed E-state index contributed by atoms with van der Waals surface area (Å²) in [5.74, 6) is 1.03. The van der Waals surface area contributed by atoms with Gasteiger partial charge in [-0.1, -0.05) is 60.1 Å². The zero-order valence-corrected chi connectivity index (χ0v) is 15.5. The SMILES string of the molecule is O=C(NCc1ccccc1)c1ccccc1OCCOc1cccc(Cl)c1. The molecule has 0 saturated heterocycles. The highest BCUT2D eigenvalue weighted by Gasteiger charge is 2.11. The third-order valence-electron chi connectivity index (χ3n) is 3.83. The summed E-state index contributed by atoms with van der Waals surface area (Å²) in [6.07, 6.45) is 0. The van der Waals surface area contributed by atoms with Gasteiger partial charge in [0, 0.05) is 11.6 Å². The molecule has 4 nitrogen and oxygen atoms in total. The standard InChI is InChI=1S/C22H20ClNO3/c23-18-9-6-10-19(15-18)26-13-14-27-21-12-5-4-11-20(21)22(25)24-16-17-7-2-1-3-8-17/h1-12,15H,13-14,16H2,(H,24,25). The number of halogens is 1. The average Bonchev–Trinajstić information content (AvgIpc) is 2.70. The second kappa shape index (κ2) is 9.64. The Labute approximate surface area is 163 Å². The number of hydrogen-bond acceptors (Lipinski definition) is 3. The van der Waals surface area contributed by atoms with Crippen LogP contribution in [0, 0.1) is 0 Å². The second-order valence-electron chi connectivity index (χ2n) is 5.82. The topological polar surface area (TPSA) is 47.6 Å². The molecule has 0 aliphatic rings. The molecule has 0 atom stereocenters. The van der Waals surface area contributed by atoms with Gasteiger partial charge in [-0.2, -0.15) is 0 Å². The first kappa shape index (κ1) is 18.8. The van der Waals surface area contributed by atoms with E-state index in [1.165, 1.54) is 0 Å². The lowest BCUT2D eigenvalue weighted by Crippen LogP contribution is -2.23. The Morgan fingerprint density at radius 3 is 2.41 bits per heavy atom. The third kappa shape index (κ3) is 5.76. The van der Waals surface area contributed by atoms with Crippen LogP contribution in [0.1, 0.15) is 15.9 Å². The monoisotopic (exact) mass is 381 g/mol. The van der Waals surface area contributed by atoms with E-state index < -0.39 is 0 Å². The number of rotatable bonds is 8. The Balaban J connectivity index is 1.53. The highest BCUT2D eigenvalue weighted by Crippen LogP contribution is 2.19. The van der Waals surface area contributed by atoms with Gasteiger partial charge < -0.3 is 14.8 Å². The minimum absolute atomic E-state index is 0.176. The van der Waals surface area contributed by atoms with Crippen LogP contribution in [0.5, 0.6) is 11.5 Å². The van der Waals surface area contributed by atoms with Gasteiger partial charge in [0.1, 0.15) is 24.7 Å². The van der Waals surface area contributed by atoms with Crippen LogP contribution in [0.25, 0.3) is 0 Å². The summed E-state index contributed by atoms with van der Waals surface area (Å²) in [7, 11) is 0. The molecule has 0 aromatic heterocycles. The number of carbonyl (C=O) groups is 1. The molecule has 0 unspecified atom stereocenters. The Morgan fingerprint density at radius 2 is 1.59 bits per heavy atom. The number of para-hydroxylation sites is 1. The molecular weight excluding hydrogens is 362 g/mol. The largest absolute Gasteiger partial charge is 0.490 e. The third-order valence-corrected chi connectivity index (χ3v) is 4.07. The summed E-state index contributed by atoms with van der Waals surface area (Å²) in [5.41, 5.74) is 1.54. The number of ether oxygens (including phenoxy) is 2. The normalized spacial score (nSPS) is 10.3. The zero-order valence-electron chi connectivity index (χ0n) is 14.7. The molecule has 3 aromatic carbocycles. The maximum atomic E-state index is 12.5. The Morgan fingerprint density at radius 1 is 0.852 bits per heavy atom. The van der Waals surface area contributed by atoms with Crippen LogP contribution in [-0.2, 0) is 6.54 Å². The van der Waals surface area contributed by atoms with Crippen molar-refractivity contribution >= 4 is 17.5 Å². The van der Waals surface area contributed by atoms with E-state index in [2.05, 4.69) is 5.32 Å². The summed E-state index contributed by atoms with van der Waals surface area (Å²) in [6.45, 7) is 1.13. The van der Waals surface area contributed by atoms with Gasteiger partial charge in [0.2, 0.25) is 0 Å². The molecule has 0 aliphatic heterocycles. The molecule has 0 saturated carbocycles. The molecule has 0 bridgehead atoms. The van der Waals surface area contributed by atoms with Crippen molar-refractivity contribution in [2.24, 2.45) is 0 Å². The van der Waals surface area contributed by atoms with E-state index in [0.717, 1.165) is 5.56 Å². The number of benzene rings is 3. The fourth-order valence-electron chi connectivity index (χ4n) is 2.52. The van der Waals surface area contributed by atoms with E-state index in [9.17, 15) is 4.79 Å². The molecule has 3 rings (SSSR count). The summed E-state index contributed by atoms with van der Waals surface area (Å²) in [4.78, 5) is 12.5. The fraction of sp³-hybridized carbons (Fsp3) is 0.136. The smallest absolute Gasteiger partial charge is 0.255 e. The van der Waals surface area contributed by atoms with E-state index in [4.69, 9.17) is 21.1 Å². The lowest BCUT2D eigenvalue weighted by Gasteiger charge is -2.12. The second-order valence-corrected chi connectivity index (χ2v) is 6.26. The van der Waals surface area contributed by atoms with E-state index >= 15 is 0 Å². The quantitative estimate of drug-likeness (QED) is 0.574. The predicted octanol–water partition coefficient (Wildman–Crippen LogP) is 4.73.